The van der Waals surface area contributed by atoms with Crippen LogP contribution in [-0.2, 0) is 17.6 Å². The smallest absolute Gasteiger partial charge is 0.190 e. The van der Waals surface area contributed by atoms with Crippen molar-refractivity contribution in [2.75, 3.05) is 33.4 Å². The van der Waals surface area contributed by atoms with Crippen LogP contribution in [0.1, 0.15) is 36.6 Å². The average molecular weight is 312 g/mol. The van der Waals surface area contributed by atoms with Gasteiger partial charge in [-0.1, -0.05) is 6.92 Å². The molecule has 0 aliphatic heterocycles. The zero-order valence-corrected chi connectivity index (χ0v) is 14.3. The van der Waals surface area contributed by atoms with Crippen molar-refractivity contribution in [1.29, 1.82) is 0 Å². The van der Waals surface area contributed by atoms with Crippen LogP contribution in [0.3, 0.4) is 0 Å². The first kappa shape index (κ1) is 17.9. The molecule has 1 aromatic heterocycles. The van der Waals surface area contributed by atoms with Crippen LogP contribution < -0.4 is 10.6 Å². The van der Waals surface area contributed by atoms with Crippen molar-refractivity contribution in [2.24, 2.45) is 4.99 Å². The second-order valence-electron chi connectivity index (χ2n) is 4.65. The molecule has 0 fully saturated rings. The minimum absolute atomic E-state index is 0.799. The lowest BCUT2D eigenvalue weighted by atomic mass is 10.3. The molecule has 0 aliphatic carbocycles. The first-order valence-electron chi connectivity index (χ1n) is 7.76. The number of nitrogens with one attached hydrogen (secondary N) is 2. The summed E-state index contributed by atoms with van der Waals surface area (Å²) in [5, 5.41) is 7.82. The first-order chi connectivity index (χ1) is 10.3. The zero-order chi connectivity index (χ0) is 15.3. The maximum Gasteiger partial charge on any atom is 0.190 e. The minimum atomic E-state index is 0.799. The van der Waals surface area contributed by atoms with Crippen molar-refractivity contribution in [3.8, 4) is 0 Å². The molecule has 0 radical (unpaired) electrons. The van der Waals surface area contributed by atoms with E-state index in [2.05, 4.69) is 27.5 Å². The third-order valence-electron chi connectivity index (χ3n) is 3.02. The monoisotopic (exact) mass is 312 g/mol. The number of aryl methyl sites for hydroxylation is 1. The standard InChI is InChI=1S/C15H28N4OS/c1-4-13-12-19-14(21-13)8-10-18-15(16-3)17-9-6-7-11-20-5-2/h12H,4-11H2,1-3H3,(H2,16,17,18). The van der Waals surface area contributed by atoms with Crippen molar-refractivity contribution in [3.63, 3.8) is 0 Å². The average Bonchev–Trinajstić information content (AvgIpc) is 2.97. The second-order valence-corrected chi connectivity index (χ2v) is 5.85. The summed E-state index contributed by atoms with van der Waals surface area (Å²) in [7, 11) is 1.80. The summed E-state index contributed by atoms with van der Waals surface area (Å²) in [6.07, 6.45) is 6.15. The van der Waals surface area contributed by atoms with Gasteiger partial charge in [-0.2, -0.15) is 0 Å². The van der Waals surface area contributed by atoms with E-state index in [1.165, 1.54) is 9.88 Å². The number of rotatable bonds is 10. The molecule has 5 nitrogen and oxygen atoms in total. The summed E-state index contributed by atoms with van der Waals surface area (Å²) in [4.78, 5) is 9.99. The quantitative estimate of drug-likeness (QED) is 0.395. The van der Waals surface area contributed by atoms with Crippen LogP contribution in [0.4, 0.5) is 0 Å². The van der Waals surface area contributed by atoms with Crippen LogP contribution in [0.5, 0.6) is 0 Å². The van der Waals surface area contributed by atoms with Crippen LogP contribution in [0.25, 0.3) is 0 Å². The lowest BCUT2D eigenvalue weighted by molar-refractivity contribution is 0.143. The highest BCUT2D eigenvalue weighted by Gasteiger charge is 2.01. The Morgan fingerprint density at radius 3 is 2.76 bits per heavy atom. The Labute approximate surface area is 132 Å². The van der Waals surface area contributed by atoms with Crippen LogP contribution in [0, 0.1) is 0 Å². The number of aromatic nitrogens is 1. The molecule has 2 N–H and O–H groups in total. The third-order valence-corrected chi connectivity index (χ3v) is 4.22. The van der Waals surface area contributed by atoms with Gasteiger partial charge in [-0.25, -0.2) is 4.98 Å². The van der Waals surface area contributed by atoms with Gasteiger partial charge < -0.3 is 15.4 Å². The molecule has 0 amide bonds. The largest absolute Gasteiger partial charge is 0.382 e. The second kappa shape index (κ2) is 11.5. The molecule has 1 rings (SSSR count). The highest BCUT2D eigenvalue weighted by molar-refractivity contribution is 7.11. The Bertz CT molecular complexity index is 406. The van der Waals surface area contributed by atoms with Crippen LogP contribution in [-0.4, -0.2) is 44.3 Å². The van der Waals surface area contributed by atoms with Gasteiger partial charge in [0, 0.05) is 50.8 Å². The van der Waals surface area contributed by atoms with Crippen molar-refractivity contribution in [1.82, 2.24) is 15.6 Å². The van der Waals surface area contributed by atoms with E-state index in [1.54, 1.807) is 18.4 Å². The number of guanidine groups is 1. The van der Waals surface area contributed by atoms with E-state index >= 15 is 0 Å². The van der Waals surface area contributed by atoms with Crippen LogP contribution in [0.2, 0.25) is 0 Å². The molecule has 0 aliphatic rings. The van der Waals surface area contributed by atoms with Gasteiger partial charge in [-0.3, -0.25) is 4.99 Å². The Hall–Kier alpha value is -1.14. The number of unbranched alkanes of at least 4 members (excludes halogenated alkanes) is 1. The van der Waals surface area contributed by atoms with Gasteiger partial charge in [0.15, 0.2) is 5.96 Å². The van der Waals surface area contributed by atoms with Crippen molar-refractivity contribution < 1.29 is 4.74 Å². The lowest BCUT2D eigenvalue weighted by Gasteiger charge is -2.11. The van der Waals surface area contributed by atoms with E-state index in [9.17, 15) is 0 Å². The van der Waals surface area contributed by atoms with Gasteiger partial charge in [0.1, 0.15) is 0 Å². The van der Waals surface area contributed by atoms with Gasteiger partial charge in [-0.05, 0) is 26.2 Å². The van der Waals surface area contributed by atoms with E-state index in [0.717, 1.165) is 57.9 Å². The summed E-state index contributed by atoms with van der Waals surface area (Å²) in [6.45, 7) is 7.60. The molecule has 0 bridgehead atoms. The fraction of sp³-hybridized carbons (Fsp3) is 0.733. The lowest BCUT2D eigenvalue weighted by Crippen LogP contribution is -2.38. The molecule has 1 aromatic rings. The summed E-state index contributed by atoms with van der Waals surface area (Å²) in [5.41, 5.74) is 0. The highest BCUT2D eigenvalue weighted by Crippen LogP contribution is 2.13. The summed E-state index contributed by atoms with van der Waals surface area (Å²) >= 11 is 1.80. The van der Waals surface area contributed by atoms with E-state index < -0.39 is 0 Å². The number of hydrogen-bond acceptors (Lipinski definition) is 4. The van der Waals surface area contributed by atoms with Crippen LogP contribution in [0.15, 0.2) is 11.2 Å². The molecule has 0 unspecified atom stereocenters. The number of ether oxygens (including phenoxy) is 1. The maximum atomic E-state index is 5.31. The van der Waals surface area contributed by atoms with Crippen LogP contribution >= 0.6 is 11.3 Å². The fourth-order valence-electron chi connectivity index (χ4n) is 1.82. The first-order valence-corrected chi connectivity index (χ1v) is 8.57. The Kier molecular flexibility index (Phi) is 9.82. The minimum Gasteiger partial charge on any atom is -0.382 e. The molecule has 0 aromatic carbocycles. The molecule has 6 heteroatoms. The number of nitrogens with zero attached hydrogens (tertiary/aromatic N) is 2. The van der Waals surface area contributed by atoms with Gasteiger partial charge >= 0.3 is 0 Å². The number of hydrogen-bond donors (Lipinski definition) is 2. The number of thiazole rings is 1. The summed E-state index contributed by atoms with van der Waals surface area (Å²) in [6, 6.07) is 0. The van der Waals surface area contributed by atoms with Gasteiger partial charge in [0.25, 0.3) is 0 Å². The number of aliphatic imine (C=N–C) groups is 1. The van der Waals surface area contributed by atoms with E-state index in [0.29, 0.717) is 0 Å². The predicted octanol–water partition coefficient (Wildman–Crippen LogP) is 2.23. The van der Waals surface area contributed by atoms with Gasteiger partial charge in [0.05, 0.1) is 5.01 Å². The fourth-order valence-corrected chi connectivity index (χ4v) is 2.68. The molecule has 0 saturated heterocycles. The molecule has 120 valence electrons. The molecule has 0 saturated carbocycles. The van der Waals surface area contributed by atoms with E-state index in [4.69, 9.17) is 4.74 Å². The molecular formula is C15H28N4OS. The summed E-state index contributed by atoms with van der Waals surface area (Å²) < 4.78 is 5.31. The Balaban J connectivity index is 2.11. The van der Waals surface area contributed by atoms with Crippen molar-refractivity contribution in [3.05, 3.63) is 16.1 Å². The maximum absolute atomic E-state index is 5.31. The Morgan fingerprint density at radius 2 is 2.10 bits per heavy atom. The highest BCUT2D eigenvalue weighted by atomic mass is 32.1. The Morgan fingerprint density at radius 1 is 1.29 bits per heavy atom. The van der Waals surface area contributed by atoms with Gasteiger partial charge in [0.2, 0.25) is 0 Å². The molecule has 21 heavy (non-hydrogen) atoms. The molecule has 1 heterocycles. The molecular weight excluding hydrogens is 284 g/mol. The van der Waals surface area contributed by atoms with E-state index in [1.807, 2.05) is 13.1 Å². The molecule has 0 atom stereocenters. The van der Waals surface area contributed by atoms with Crippen molar-refractivity contribution in [2.45, 2.75) is 39.5 Å². The summed E-state index contributed by atoms with van der Waals surface area (Å²) in [5.74, 6) is 0.860. The van der Waals surface area contributed by atoms with E-state index in [-0.39, 0.29) is 0 Å². The normalized spacial score (nSPS) is 11.7. The SMILES string of the molecule is CCOCCCCNC(=NC)NCCc1ncc(CC)s1. The molecule has 0 spiro atoms. The van der Waals surface area contributed by atoms with Crippen molar-refractivity contribution >= 4 is 17.3 Å². The topological polar surface area (TPSA) is 58.5 Å². The zero-order valence-electron chi connectivity index (χ0n) is 13.4. The third kappa shape index (κ3) is 8.02. The van der Waals surface area contributed by atoms with Gasteiger partial charge in [-0.15, -0.1) is 11.3 Å². The predicted molar refractivity (Wildman–Crippen MR) is 90.3 cm³/mol.